The molecular formula is C28H40Cl2N2O2Si. The molecule has 0 radical (unpaired) electrons. The van der Waals surface area contributed by atoms with Crippen LogP contribution in [0.15, 0.2) is 60.7 Å². The number of phenolic OH excluding ortho intramolecular Hbond substituents is 1. The number of nitrogens with zero attached hydrogens (tertiary/aromatic N) is 2. The molecule has 0 unspecified atom stereocenters. The number of phenols is 1. The molecule has 2 aromatic heterocycles. The molecule has 7 heteroatoms. The number of fused-ring (bicyclic) bond motifs is 2. The maximum atomic E-state index is 9.14. The standard InChI is InChI=1S/C15H20ClNOSi.C9H6ClNO.C2H6.2CH4/c1-15(2,3)19(4,5)18-12-8-6-11-7-9-14(16)17-13(11)10-12;10-9-4-2-6-1-3-7(12)5-8(6)11-9;1-2;;/h6-10H,1-5H3;1-5,12H;1-2H3;2*1H4/i;;1D;;. The van der Waals surface area contributed by atoms with Gasteiger partial charge in [-0.2, -0.15) is 0 Å². The van der Waals surface area contributed by atoms with Gasteiger partial charge in [-0.1, -0.05) is 72.6 Å². The Morgan fingerprint density at radius 3 is 1.74 bits per heavy atom. The van der Waals surface area contributed by atoms with Gasteiger partial charge < -0.3 is 9.53 Å². The zero-order valence-corrected chi connectivity index (χ0v) is 22.5. The lowest BCUT2D eigenvalue weighted by molar-refractivity contribution is 0.476. The topological polar surface area (TPSA) is 55.2 Å². The van der Waals surface area contributed by atoms with Gasteiger partial charge in [0.05, 0.1) is 11.0 Å². The van der Waals surface area contributed by atoms with E-state index in [4.69, 9.17) is 34.1 Å². The first-order chi connectivity index (χ1) is 15.9. The molecule has 0 atom stereocenters. The average Bonchev–Trinajstić information content (AvgIpc) is 2.73. The summed E-state index contributed by atoms with van der Waals surface area (Å²) in [7, 11) is -1.81. The third kappa shape index (κ3) is 8.99. The van der Waals surface area contributed by atoms with Crippen molar-refractivity contribution >= 4 is 53.3 Å². The Bertz CT molecular complexity index is 1210. The number of hydrogen-bond donors (Lipinski definition) is 1. The second kappa shape index (κ2) is 13.7. The van der Waals surface area contributed by atoms with Crippen molar-refractivity contribution < 1.29 is 10.9 Å². The third-order valence-corrected chi connectivity index (χ3v) is 10.2. The van der Waals surface area contributed by atoms with Crippen LogP contribution in [0.4, 0.5) is 0 Å². The molecule has 0 aliphatic rings. The molecule has 0 saturated heterocycles. The highest BCUT2D eigenvalue weighted by Crippen LogP contribution is 2.37. The lowest BCUT2D eigenvalue weighted by Crippen LogP contribution is -2.43. The maximum Gasteiger partial charge on any atom is 0.250 e. The van der Waals surface area contributed by atoms with E-state index in [0.29, 0.717) is 22.7 Å². The molecule has 2 heterocycles. The fourth-order valence-electron chi connectivity index (χ4n) is 2.66. The van der Waals surface area contributed by atoms with Crippen LogP contribution in [-0.2, 0) is 0 Å². The molecular weight excluding hydrogens is 495 g/mol. The summed E-state index contributed by atoms with van der Waals surface area (Å²) in [6.07, 6.45) is 0. The minimum atomic E-state index is -1.81. The Balaban J connectivity index is 0.000000623. The second-order valence-electron chi connectivity index (χ2n) is 8.86. The van der Waals surface area contributed by atoms with Gasteiger partial charge in [0.15, 0.2) is 0 Å². The number of pyridine rings is 2. The predicted octanol–water partition coefficient (Wildman–Crippen LogP) is 10.2. The van der Waals surface area contributed by atoms with Gasteiger partial charge in [-0.3, -0.25) is 0 Å². The van der Waals surface area contributed by atoms with Crippen molar-refractivity contribution in [2.45, 2.75) is 67.6 Å². The van der Waals surface area contributed by atoms with Crippen LogP contribution in [0.2, 0.25) is 28.4 Å². The minimum Gasteiger partial charge on any atom is -0.543 e. The van der Waals surface area contributed by atoms with E-state index in [1.165, 1.54) is 0 Å². The van der Waals surface area contributed by atoms with E-state index in [-0.39, 0.29) is 25.6 Å². The SMILES string of the molecule is C.C.CC(C)(C)[Si](C)(C)Oc1ccc2ccc(Cl)nc2c1.Oc1ccc2ccc(Cl)nc2c1.[2H]CC. The van der Waals surface area contributed by atoms with Crippen LogP contribution in [0.3, 0.4) is 0 Å². The van der Waals surface area contributed by atoms with E-state index in [0.717, 1.165) is 22.0 Å². The van der Waals surface area contributed by atoms with E-state index < -0.39 is 8.32 Å². The fourth-order valence-corrected chi connectivity index (χ4v) is 3.99. The highest BCUT2D eigenvalue weighted by molar-refractivity contribution is 6.74. The Morgan fingerprint density at radius 1 is 0.829 bits per heavy atom. The van der Waals surface area contributed by atoms with Crippen LogP contribution in [0.1, 0.15) is 50.8 Å². The first kappa shape index (κ1) is 30.7. The monoisotopic (exact) mass is 535 g/mol. The van der Waals surface area contributed by atoms with Crippen LogP contribution in [-0.4, -0.2) is 23.4 Å². The maximum absolute atomic E-state index is 9.14. The van der Waals surface area contributed by atoms with Gasteiger partial charge in [0.25, 0.3) is 0 Å². The van der Waals surface area contributed by atoms with Crippen LogP contribution < -0.4 is 4.43 Å². The highest BCUT2D eigenvalue weighted by atomic mass is 35.5. The summed E-state index contributed by atoms with van der Waals surface area (Å²) < 4.78 is 12.5. The van der Waals surface area contributed by atoms with Gasteiger partial charge >= 0.3 is 0 Å². The van der Waals surface area contributed by atoms with Crippen molar-refractivity contribution in [1.29, 1.82) is 0 Å². The molecule has 0 aliphatic carbocycles. The first-order valence-corrected chi connectivity index (χ1v) is 14.3. The molecule has 1 N–H and O–H groups in total. The summed E-state index contributed by atoms with van der Waals surface area (Å²) in [5.41, 5.74) is 1.59. The second-order valence-corrected chi connectivity index (χ2v) is 14.4. The first-order valence-electron chi connectivity index (χ1n) is 11.4. The van der Waals surface area contributed by atoms with Crippen LogP contribution >= 0.6 is 23.2 Å². The van der Waals surface area contributed by atoms with Gasteiger partial charge in [-0.15, -0.1) is 0 Å². The number of benzene rings is 2. The molecule has 2 aromatic carbocycles. The zero-order valence-electron chi connectivity index (χ0n) is 21.0. The lowest BCUT2D eigenvalue weighted by Gasteiger charge is -2.36. The molecule has 35 heavy (non-hydrogen) atoms. The summed E-state index contributed by atoms with van der Waals surface area (Å²) >= 11 is 11.6. The number of aromatic nitrogens is 2. The Hall–Kier alpha value is -2.34. The van der Waals surface area contributed by atoms with E-state index in [1.54, 1.807) is 37.3 Å². The number of hydrogen-bond acceptors (Lipinski definition) is 4. The molecule has 4 rings (SSSR count). The predicted molar refractivity (Wildman–Crippen MR) is 158 cm³/mol. The largest absolute Gasteiger partial charge is 0.543 e. The van der Waals surface area contributed by atoms with Crippen molar-refractivity contribution in [3.05, 3.63) is 71.0 Å². The van der Waals surface area contributed by atoms with E-state index >= 15 is 0 Å². The van der Waals surface area contributed by atoms with Crippen molar-refractivity contribution in [2.75, 3.05) is 0 Å². The highest BCUT2D eigenvalue weighted by Gasteiger charge is 2.38. The Morgan fingerprint density at radius 2 is 1.26 bits per heavy atom. The minimum absolute atomic E-state index is 0. The molecule has 0 spiro atoms. The molecule has 0 bridgehead atoms. The van der Waals surface area contributed by atoms with Gasteiger partial charge in [0.1, 0.15) is 21.8 Å². The van der Waals surface area contributed by atoms with Gasteiger partial charge in [-0.05, 0) is 66.7 Å². The molecule has 0 aliphatic heterocycles. The van der Waals surface area contributed by atoms with Crippen molar-refractivity contribution in [3.63, 3.8) is 0 Å². The molecule has 4 nitrogen and oxygen atoms in total. The Kier molecular flexibility index (Phi) is 12.0. The van der Waals surface area contributed by atoms with E-state index in [9.17, 15) is 0 Å². The quantitative estimate of drug-likeness (QED) is 0.205. The fraction of sp³-hybridized carbons (Fsp3) is 0.357. The zero-order chi connectivity index (χ0) is 25.5. The molecule has 0 fully saturated rings. The van der Waals surface area contributed by atoms with Gasteiger partial charge in [0.2, 0.25) is 8.32 Å². The summed E-state index contributed by atoms with van der Waals surface area (Å²) in [5.74, 6) is 1.09. The van der Waals surface area contributed by atoms with Gasteiger partial charge in [0, 0.05) is 24.3 Å². The van der Waals surface area contributed by atoms with Crippen LogP contribution in [0.25, 0.3) is 21.8 Å². The molecule has 0 saturated carbocycles. The van der Waals surface area contributed by atoms with E-state index in [2.05, 4.69) is 43.8 Å². The normalized spacial score (nSPS) is 11.0. The summed E-state index contributed by atoms with van der Waals surface area (Å²) in [6, 6.07) is 18.4. The van der Waals surface area contributed by atoms with Crippen LogP contribution in [0.5, 0.6) is 11.5 Å². The van der Waals surface area contributed by atoms with E-state index in [1.807, 2.05) is 30.3 Å². The lowest BCUT2D eigenvalue weighted by atomic mass is 10.2. The Labute approximate surface area is 223 Å². The molecule has 0 amide bonds. The number of aromatic hydroxyl groups is 1. The number of rotatable bonds is 2. The van der Waals surface area contributed by atoms with Gasteiger partial charge in [-0.25, -0.2) is 9.97 Å². The number of halogens is 2. The summed E-state index contributed by atoms with van der Waals surface area (Å²) in [5, 5.41) is 12.3. The summed E-state index contributed by atoms with van der Waals surface area (Å²) in [4.78, 5) is 8.37. The van der Waals surface area contributed by atoms with Crippen LogP contribution in [0, 0.1) is 0 Å². The summed E-state index contributed by atoms with van der Waals surface area (Å²) in [6.45, 7) is 13.5. The molecule has 4 aromatic rings. The smallest absolute Gasteiger partial charge is 0.250 e. The third-order valence-electron chi connectivity index (χ3n) is 5.45. The van der Waals surface area contributed by atoms with Crippen molar-refractivity contribution in [1.82, 2.24) is 9.97 Å². The van der Waals surface area contributed by atoms with Crippen molar-refractivity contribution in [3.8, 4) is 11.5 Å². The average molecular weight is 537 g/mol. The molecule has 192 valence electrons. The van der Waals surface area contributed by atoms with Crippen molar-refractivity contribution in [2.24, 2.45) is 0 Å².